The second-order valence-electron chi connectivity index (χ2n) is 6.57. The molecule has 6 nitrogen and oxygen atoms in total. The van der Waals surface area contributed by atoms with Crippen LogP contribution in [-0.2, 0) is 6.61 Å². The van der Waals surface area contributed by atoms with Gasteiger partial charge in [-0.3, -0.25) is 9.78 Å². The molecule has 0 saturated carbocycles. The smallest absolute Gasteiger partial charge is 0.255 e. The number of carbonyl (C=O) groups excluding carboxylic acids is 1. The Hall–Kier alpha value is -3.38. The summed E-state index contributed by atoms with van der Waals surface area (Å²) in [5, 5.41) is 8.19. The zero-order chi connectivity index (χ0) is 20.4. The molecule has 0 atom stereocenters. The lowest BCUT2D eigenvalue weighted by Crippen LogP contribution is -2.12. The van der Waals surface area contributed by atoms with Crippen LogP contribution in [0.3, 0.4) is 0 Å². The third-order valence-electron chi connectivity index (χ3n) is 4.63. The lowest BCUT2D eigenvalue weighted by atomic mass is 10.1. The Kier molecular flexibility index (Phi) is 5.18. The maximum absolute atomic E-state index is 12.8. The predicted octanol–water partition coefficient (Wildman–Crippen LogP) is 5.32. The number of hydrogen-bond donors (Lipinski definition) is 1. The van der Waals surface area contributed by atoms with Gasteiger partial charge in [-0.25, -0.2) is 0 Å². The van der Waals surface area contributed by atoms with Gasteiger partial charge in [0, 0.05) is 17.1 Å². The normalized spacial score (nSPS) is 10.9. The van der Waals surface area contributed by atoms with E-state index in [1.54, 1.807) is 48.7 Å². The monoisotopic (exact) mass is 407 g/mol. The summed E-state index contributed by atoms with van der Waals surface area (Å²) in [5.41, 5.74) is 3.40. The number of benzene rings is 2. The molecule has 0 aliphatic heterocycles. The van der Waals surface area contributed by atoms with Crippen LogP contribution in [0.1, 0.15) is 27.4 Å². The molecule has 0 saturated heterocycles. The lowest BCUT2D eigenvalue weighted by Gasteiger charge is -2.10. The number of halogens is 1. The van der Waals surface area contributed by atoms with E-state index < -0.39 is 0 Å². The Morgan fingerprint density at radius 1 is 1.17 bits per heavy atom. The summed E-state index contributed by atoms with van der Waals surface area (Å²) >= 11 is 6.22. The first-order valence-corrected chi connectivity index (χ1v) is 9.40. The standard InChI is InChI=1S/C22H18ClN3O3/c1-13-18(14(2)29-26-13)12-28-16-6-3-5-15(11-16)22(27)25-20-9-8-19(23)17-7-4-10-24-21(17)20/h3-11H,12H2,1-2H3,(H,25,27). The van der Waals surface area contributed by atoms with Crippen molar-refractivity contribution in [1.29, 1.82) is 0 Å². The first-order valence-electron chi connectivity index (χ1n) is 9.02. The van der Waals surface area contributed by atoms with Gasteiger partial charge in [0.15, 0.2) is 0 Å². The second-order valence-corrected chi connectivity index (χ2v) is 6.98. The number of hydrogen-bond acceptors (Lipinski definition) is 5. The fraction of sp³-hybridized carbons (Fsp3) is 0.136. The molecule has 0 aliphatic rings. The van der Waals surface area contributed by atoms with Gasteiger partial charge in [-0.05, 0) is 56.3 Å². The Labute approximate surface area is 172 Å². The van der Waals surface area contributed by atoms with Crippen molar-refractivity contribution in [2.24, 2.45) is 0 Å². The number of aromatic nitrogens is 2. The first-order chi connectivity index (χ1) is 14.0. The minimum atomic E-state index is -0.262. The number of aryl methyl sites for hydroxylation is 2. The van der Waals surface area contributed by atoms with E-state index in [0.717, 1.165) is 22.4 Å². The molecule has 7 heteroatoms. The van der Waals surface area contributed by atoms with E-state index in [1.165, 1.54) is 0 Å². The minimum absolute atomic E-state index is 0.262. The van der Waals surface area contributed by atoms with E-state index in [0.29, 0.717) is 34.1 Å². The van der Waals surface area contributed by atoms with Gasteiger partial charge >= 0.3 is 0 Å². The fourth-order valence-corrected chi connectivity index (χ4v) is 3.24. The number of pyridine rings is 1. The minimum Gasteiger partial charge on any atom is -0.489 e. The number of carbonyl (C=O) groups is 1. The molecule has 0 unspecified atom stereocenters. The Morgan fingerprint density at radius 3 is 2.83 bits per heavy atom. The third kappa shape index (κ3) is 3.93. The van der Waals surface area contributed by atoms with Crippen molar-refractivity contribution in [2.45, 2.75) is 20.5 Å². The maximum atomic E-state index is 12.8. The molecule has 2 aromatic carbocycles. The molecule has 0 radical (unpaired) electrons. The van der Waals surface area contributed by atoms with E-state index >= 15 is 0 Å². The maximum Gasteiger partial charge on any atom is 0.255 e. The average Bonchev–Trinajstić information content (AvgIpc) is 3.06. The van der Waals surface area contributed by atoms with Crippen molar-refractivity contribution < 1.29 is 14.1 Å². The van der Waals surface area contributed by atoms with Gasteiger partial charge in [0.05, 0.1) is 27.5 Å². The molecule has 0 bridgehead atoms. The molecule has 2 aromatic heterocycles. The van der Waals surface area contributed by atoms with Gasteiger partial charge < -0.3 is 14.6 Å². The third-order valence-corrected chi connectivity index (χ3v) is 4.95. The molecule has 1 N–H and O–H groups in total. The number of amides is 1. The highest BCUT2D eigenvalue weighted by atomic mass is 35.5. The highest BCUT2D eigenvalue weighted by Crippen LogP contribution is 2.28. The van der Waals surface area contributed by atoms with Crippen molar-refractivity contribution in [1.82, 2.24) is 10.1 Å². The highest BCUT2D eigenvalue weighted by molar-refractivity contribution is 6.36. The van der Waals surface area contributed by atoms with Crippen LogP contribution in [0.4, 0.5) is 5.69 Å². The van der Waals surface area contributed by atoms with E-state index in [2.05, 4.69) is 15.5 Å². The average molecular weight is 408 g/mol. The molecule has 146 valence electrons. The Balaban J connectivity index is 1.53. The summed E-state index contributed by atoms with van der Waals surface area (Å²) < 4.78 is 11.0. The van der Waals surface area contributed by atoms with Gasteiger partial charge in [-0.15, -0.1) is 0 Å². The Bertz CT molecular complexity index is 1180. The number of nitrogens with zero attached hydrogens (tertiary/aromatic N) is 2. The van der Waals surface area contributed by atoms with Crippen molar-refractivity contribution in [2.75, 3.05) is 5.32 Å². The van der Waals surface area contributed by atoms with Crippen LogP contribution in [0.5, 0.6) is 5.75 Å². The number of nitrogens with one attached hydrogen (secondary N) is 1. The number of anilines is 1. The topological polar surface area (TPSA) is 77.2 Å². The summed E-state index contributed by atoms with van der Waals surface area (Å²) in [6, 6.07) is 14.1. The van der Waals surface area contributed by atoms with Crippen molar-refractivity contribution in [3.63, 3.8) is 0 Å². The van der Waals surface area contributed by atoms with Gasteiger partial charge in [0.1, 0.15) is 18.1 Å². The molecule has 0 spiro atoms. The van der Waals surface area contributed by atoms with Crippen LogP contribution in [-0.4, -0.2) is 16.0 Å². The Morgan fingerprint density at radius 2 is 2.03 bits per heavy atom. The van der Waals surface area contributed by atoms with Crippen LogP contribution in [0.25, 0.3) is 10.9 Å². The summed E-state index contributed by atoms with van der Waals surface area (Å²) in [6.45, 7) is 4.02. The van der Waals surface area contributed by atoms with Crippen LogP contribution in [0.2, 0.25) is 5.02 Å². The molecule has 29 heavy (non-hydrogen) atoms. The SMILES string of the molecule is Cc1noc(C)c1COc1cccc(C(=O)Nc2ccc(Cl)c3cccnc23)c1. The zero-order valence-electron chi connectivity index (χ0n) is 15.9. The van der Waals surface area contributed by atoms with Gasteiger partial charge in [0.25, 0.3) is 5.91 Å². The molecular formula is C22H18ClN3O3. The van der Waals surface area contributed by atoms with Crippen molar-refractivity contribution in [3.05, 3.63) is 82.3 Å². The van der Waals surface area contributed by atoms with Crippen LogP contribution >= 0.6 is 11.6 Å². The van der Waals surface area contributed by atoms with Crippen LogP contribution < -0.4 is 10.1 Å². The summed E-state index contributed by atoms with van der Waals surface area (Å²) in [4.78, 5) is 17.1. The van der Waals surface area contributed by atoms with Crippen molar-refractivity contribution in [3.8, 4) is 5.75 Å². The van der Waals surface area contributed by atoms with E-state index in [9.17, 15) is 4.79 Å². The van der Waals surface area contributed by atoms with Crippen molar-refractivity contribution >= 4 is 34.1 Å². The van der Waals surface area contributed by atoms with Crippen LogP contribution in [0.15, 0.2) is 59.3 Å². The van der Waals surface area contributed by atoms with E-state index in [1.807, 2.05) is 19.9 Å². The largest absolute Gasteiger partial charge is 0.489 e. The number of ether oxygens (including phenoxy) is 1. The summed E-state index contributed by atoms with van der Waals surface area (Å²) in [7, 11) is 0. The summed E-state index contributed by atoms with van der Waals surface area (Å²) in [5.74, 6) is 1.04. The molecule has 4 rings (SSSR count). The molecule has 0 aliphatic carbocycles. The van der Waals surface area contributed by atoms with E-state index in [4.69, 9.17) is 20.9 Å². The molecule has 2 heterocycles. The van der Waals surface area contributed by atoms with E-state index in [-0.39, 0.29) is 5.91 Å². The van der Waals surface area contributed by atoms with Gasteiger partial charge in [-0.2, -0.15) is 0 Å². The molecular weight excluding hydrogens is 390 g/mol. The summed E-state index contributed by atoms with van der Waals surface area (Å²) in [6.07, 6.45) is 1.66. The second kappa shape index (κ2) is 7.93. The highest BCUT2D eigenvalue weighted by Gasteiger charge is 2.13. The molecule has 1 amide bonds. The molecule has 0 fully saturated rings. The fourth-order valence-electron chi connectivity index (χ4n) is 3.02. The number of rotatable bonds is 5. The quantitative estimate of drug-likeness (QED) is 0.484. The first kappa shape index (κ1) is 19.0. The van der Waals surface area contributed by atoms with Crippen LogP contribution in [0, 0.1) is 13.8 Å². The predicted molar refractivity (Wildman–Crippen MR) is 111 cm³/mol. The van der Waals surface area contributed by atoms with Gasteiger partial charge in [-0.1, -0.05) is 22.8 Å². The zero-order valence-corrected chi connectivity index (χ0v) is 16.7. The van der Waals surface area contributed by atoms with Gasteiger partial charge in [0.2, 0.25) is 0 Å². The number of fused-ring (bicyclic) bond motifs is 1. The lowest BCUT2D eigenvalue weighted by molar-refractivity contribution is 0.102. The molecule has 4 aromatic rings.